The standard InChI is InChI=1S/C25H20F3NO3S2/c1-34(30,31)29(20-6-7-23-16(12-20)8-11-33-23)21-13-18(14-22(15-21)32-24(27)28)25(9-10-25)17-2-4-19(26)5-3-17/h2-8,11-15,24H,9-10H2,1H3. The minimum absolute atomic E-state index is 0.138. The van der Waals surface area contributed by atoms with E-state index in [0.717, 1.165) is 39.1 Å². The SMILES string of the molecule is CS(=O)(=O)N(c1cc(OC(F)F)cc(C2(c3ccc(F)cc3)CC2)c1)c1ccc2sccc2c1. The molecule has 1 aliphatic rings. The lowest BCUT2D eigenvalue weighted by atomic mass is 9.87. The van der Waals surface area contributed by atoms with Crippen LogP contribution in [0.4, 0.5) is 24.5 Å². The van der Waals surface area contributed by atoms with Crippen LogP contribution in [0.3, 0.4) is 0 Å². The van der Waals surface area contributed by atoms with Gasteiger partial charge in [0.05, 0.1) is 17.6 Å². The number of hydrogen-bond donors (Lipinski definition) is 0. The Morgan fingerprint density at radius 3 is 2.32 bits per heavy atom. The van der Waals surface area contributed by atoms with Crippen LogP contribution in [0.15, 0.2) is 72.1 Å². The molecule has 1 aliphatic carbocycles. The van der Waals surface area contributed by atoms with Crippen molar-refractivity contribution in [3.63, 3.8) is 0 Å². The van der Waals surface area contributed by atoms with Crippen LogP contribution in [0.1, 0.15) is 24.0 Å². The Bertz CT molecular complexity index is 1460. The van der Waals surface area contributed by atoms with Crippen LogP contribution in [-0.2, 0) is 15.4 Å². The quantitative estimate of drug-likeness (QED) is 0.278. The number of ether oxygens (including phenoxy) is 1. The van der Waals surface area contributed by atoms with E-state index >= 15 is 0 Å². The van der Waals surface area contributed by atoms with Crippen LogP contribution in [0.5, 0.6) is 5.75 Å². The van der Waals surface area contributed by atoms with Gasteiger partial charge in [0.15, 0.2) is 0 Å². The van der Waals surface area contributed by atoms with Crippen molar-refractivity contribution in [1.82, 2.24) is 0 Å². The fourth-order valence-electron chi connectivity index (χ4n) is 4.40. The molecule has 34 heavy (non-hydrogen) atoms. The van der Waals surface area contributed by atoms with Crippen molar-refractivity contribution in [2.75, 3.05) is 10.6 Å². The molecule has 4 aromatic rings. The van der Waals surface area contributed by atoms with Gasteiger partial charge < -0.3 is 4.74 Å². The molecule has 5 rings (SSSR count). The molecular formula is C25H20F3NO3S2. The highest BCUT2D eigenvalue weighted by Crippen LogP contribution is 2.55. The molecule has 4 nitrogen and oxygen atoms in total. The molecule has 1 aromatic heterocycles. The van der Waals surface area contributed by atoms with Crippen LogP contribution in [0, 0.1) is 5.82 Å². The second kappa shape index (κ2) is 8.32. The molecule has 0 spiro atoms. The zero-order valence-corrected chi connectivity index (χ0v) is 19.7. The lowest BCUT2D eigenvalue weighted by molar-refractivity contribution is -0.0498. The van der Waals surface area contributed by atoms with Crippen LogP contribution >= 0.6 is 11.3 Å². The van der Waals surface area contributed by atoms with Gasteiger partial charge in [-0.05, 0) is 83.3 Å². The van der Waals surface area contributed by atoms with Gasteiger partial charge in [0.25, 0.3) is 0 Å². The summed E-state index contributed by atoms with van der Waals surface area (Å²) in [6.07, 6.45) is 2.50. The molecule has 0 N–H and O–H groups in total. The summed E-state index contributed by atoms with van der Waals surface area (Å²) < 4.78 is 72.5. The van der Waals surface area contributed by atoms with Gasteiger partial charge in [-0.15, -0.1) is 11.3 Å². The summed E-state index contributed by atoms with van der Waals surface area (Å²) in [5.74, 6) is -0.511. The second-order valence-corrected chi connectivity index (χ2v) is 11.1. The number of thiophene rings is 1. The number of hydrogen-bond acceptors (Lipinski definition) is 4. The molecule has 0 unspecified atom stereocenters. The summed E-state index contributed by atoms with van der Waals surface area (Å²) in [5.41, 5.74) is 1.53. The maximum absolute atomic E-state index is 13.5. The molecule has 176 valence electrons. The van der Waals surface area contributed by atoms with Crippen molar-refractivity contribution >= 4 is 42.8 Å². The van der Waals surface area contributed by atoms with Gasteiger partial charge >= 0.3 is 6.61 Å². The molecule has 0 bridgehead atoms. The third-order valence-electron chi connectivity index (χ3n) is 6.05. The van der Waals surface area contributed by atoms with Crippen molar-refractivity contribution in [3.05, 3.63) is 89.1 Å². The molecule has 0 atom stereocenters. The molecule has 0 saturated heterocycles. The number of benzene rings is 3. The lowest BCUT2D eigenvalue weighted by Gasteiger charge is -2.26. The first kappa shape index (κ1) is 22.7. The maximum atomic E-state index is 13.5. The van der Waals surface area contributed by atoms with Gasteiger partial charge in [-0.3, -0.25) is 0 Å². The number of nitrogens with zero attached hydrogens (tertiary/aromatic N) is 1. The average Bonchev–Trinajstić information content (AvgIpc) is 3.44. The summed E-state index contributed by atoms with van der Waals surface area (Å²) in [6.45, 7) is -3.07. The Balaban J connectivity index is 1.68. The summed E-state index contributed by atoms with van der Waals surface area (Å²) in [5, 5.41) is 2.79. The van der Waals surface area contributed by atoms with Gasteiger partial charge in [-0.2, -0.15) is 8.78 Å². The number of fused-ring (bicyclic) bond motifs is 1. The second-order valence-electron chi connectivity index (χ2n) is 8.35. The van der Waals surface area contributed by atoms with E-state index in [1.807, 2.05) is 17.5 Å². The largest absolute Gasteiger partial charge is 0.435 e. The Morgan fingerprint density at radius 2 is 1.68 bits per heavy atom. The number of rotatable bonds is 7. The van der Waals surface area contributed by atoms with E-state index in [1.54, 1.807) is 30.3 Å². The average molecular weight is 504 g/mol. The van der Waals surface area contributed by atoms with Crippen molar-refractivity contribution in [2.45, 2.75) is 24.9 Å². The normalized spacial score (nSPS) is 15.0. The molecule has 0 aliphatic heterocycles. The summed E-state index contributed by atoms with van der Waals surface area (Å²) >= 11 is 1.53. The third-order valence-corrected chi connectivity index (χ3v) is 8.04. The van der Waals surface area contributed by atoms with Crippen molar-refractivity contribution in [2.24, 2.45) is 0 Å². The minimum atomic E-state index is -3.84. The molecule has 0 radical (unpaired) electrons. The van der Waals surface area contributed by atoms with E-state index in [0.29, 0.717) is 11.3 Å². The Hall–Kier alpha value is -3.04. The Kier molecular flexibility index (Phi) is 5.56. The predicted octanol–water partition coefficient (Wildman–Crippen LogP) is 6.82. The molecule has 1 saturated carbocycles. The van der Waals surface area contributed by atoms with Crippen LogP contribution in [0.2, 0.25) is 0 Å². The molecular weight excluding hydrogens is 483 g/mol. The van der Waals surface area contributed by atoms with E-state index in [2.05, 4.69) is 0 Å². The smallest absolute Gasteiger partial charge is 0.387 e. The number of halogens is 3. The monoisotopic (exact) mass is 503 g/mol. The number of sulfonamides is 1. The van der Waals surface area contributed by atoms with E-state index in [1.165, 1.54) is 35.6 Å². The van der Waals surface area contributed by atoms with Crippen LogP contribution in [-0.4, -0.2) is 21.3 Å². The fraction of sp³-hybridized carbons (Fsp3) is 0.200. The van der Waals surface area contributed by atoms with E-state index < -0.39 is 22.0 Å². The zero-order chi connectivity index (χ0) is 24.1. The molecule has 1 heterocycles. The molecule has 9 heteroatoms. The third kappa shape index (κ3) is 4.25. The summed E-state index contributed by atoms with van der Waals surface area (Å²) in [4.78, 5) is 0. The van der Waals surface area contributed by atoms with E-state index in [4.69, 9.17) is 4.74 Å². The van der Waals surface area contributed by atoms with Gasteiger partial charge in [0, 0.05) is 16.2 Å². The maximum Gasteiger partial charge on any atom is 0.387 e. The van der Waals surface area contributed by atoms with Gasteiger partial charge in [0.2, 0.25) is 10.0 Å². The van der Waals surface area contributed by atoms with Crippen molar-refractivity contribution < 1.29 is 26.3 Å². The fourth-order valence-corrected chi connectivity index (χ4v) is 6.15. The molecule has 1 fully saturated rings. The van der Waals surface area contributed by atoms with Crippen LogP contribution in [0.25, 0.3) is 10.1 Å². The first-order valence-electron chi connectivity index (χ1n) is 10.5. The van der Waals surface area contributed by atoms with Crippen molar-refractivity contribution in [1.29, 1.82) is 0 Å². The van der Waals surface area contributed by atoms with Gasteiger partial charge in [0.1, 0.15) is 11.6 Å². The van der Waals surface area contributed by atoms with Gasteiger partial charge in [-0.1, -0.05) is 12.1 Å². The minimum Gasteiger partial charge on any atom is -0.435 e. The predicted molar refractivity (Wildman–Crippen MR) is 128 cm³/mol. The summed E-state index contributed by atoms with van der Waals surface area (Å²) in [7, 11) is -3.84. The first-order chi connectivity index (χ1) is 16.2. The molecule has 3 aromatic carbocycles. The van der Waals surface area contributed by atoms with Crippen molar-refractivity contribution in [3.8, 4) is 5.75 Å². The Labute approximate surface area is 199 Å². The van der Waals surface area contributed by atoms with Crippen LogP contribution < -0.4 is 9.04 Å². The first-order valence-corrected chi connectivity index (χ1v) is 13.2. The van der Waals surface area contributed by atoms with E-state index in [-0.39, 0.29) is 17.3 Å². The highest BCUT2D eigenvalue weighted by atomic mass is 32.2. The lowest BCUT2D eigenvalue weighted by Crippen LogP contribution is -2.25. The molecule has 0 amide bonds. The number of anilines is 2. The zero-order valence-electron chi connectivity index (χ0n) is 18.0. The topological polar surface area (TPSA) is 46.6 Å². The van der Waals surface area contributed by atoms with E-state index in [9.17, 15) is 21.6 Å². The van der Waals surface area contributed by atoms with Gasteiger partial charge in [-0.25, -0.2) is 17.1 Å². The summed E-state index contributed by atoms with van der Waals surface area (Å²) in [6, 6.07) is 17.7. The highest BCUT2D eigenvalue weighted by Gasteiger charge is 2.46. The Morgan fingerprint density at radius 1 is 0.941 bits per heavy atom. The number of alkyl halides is 2. The highest BCUT2D eigenvalue weighted by molar-refractivity contribution is 7.92.